The predicted molar refractivity (Wildman–Crippen MR) is 94.6 cm³/mol. The Kier molecular flexibility index (Phi) is 5.68. The first-order valence-electron chi connectivity index (χ1n) is 7.39. The van der Waals surface area contributed by atoms with Gasteiger partial charge in [0.15, 0.2) is 0 Å². The van der Waals surface area contributed by atoms with Crippen LogP contribution in [0.15, 0.2) is 42.5 Å². The molecular formula is C16H16N4O6. The number of carbonyl (C=O) groups excluding carboxylic acids is 1. The smallest absolute Gasteiger partial charge is 0.299 e. The van der Waals surface area contributed by atoms with Crippen molar-refractivity contribution in [3.8, 4) is 5.75 Å². The van der Waals surface area contributed by atoms with Gasteiger partial charge in [-0.1, -0.05) is 0 Å². The lowest BCUT2D eigenvalue weighted by Crippen LogP contribution is -2.30. The third kappa shape index (κ3) is 4.44. The highest BCUT2D eigenvalue weighted by Crippen LogP contribution is 2.31. The predicted octanol–water partition coefficient (Wildman–Crippen LogP) is 2.59. The van der Waals surface area contributed by atoms with Crippen molar-refractivity contribution in [3.05, 3.63) is 62.7 Å². The van der Waals surface area contributed by atoms with Crippen molar-refractivity contribution in [2.24, 2.45) is 0 Å². The van der Waals surface area contributed by atoms with E-state index in [0.29, 0.717) is 11.4 Å². The van der Waals surface area contributed by atoms with Crippen LogP contribution in [0.4, 0.5) is 22.7 Å². The Balaban J connectivity index is 2.12. The maximum absolute atomic E-state index is 12.1. The number of benzene rings is 2. The second-order valence-corrected chi connectivity index (χ2v) is 5.32. The Morgan fingerprint density at radius 2 is 1.77 bits per heavy atom. The molecule has 0 aliphatic carbocycles. The highest BCUT2D eigenvalue weighted by Gasteiger charge is 2.22. The molecule has 2 aromatic carbocycles. The van der Waals surface area contributed by atoms with Crippen LogP contribution in [0.25, 0.3) is 0 Å². The van der Waals surface area contributed by atoms with Gasteiger partial charge in [0.05, 0.1) is 29.6 Å². The van der Waals surface area contributed by atoms with Crippen LogP contribution < -0.4 is 15.0 Å². The molecule has 0 atom stereocenters. The third-order valence-electron chi connectivity index (χ3n) is 3.53. The number of nitro groups is 2. The first kappa shape index (κ1) is 18.6. The zero-order valence-corrected chi connectivity index (χ0v) is 14.0. The van der Waals surface area contributed by atoms with Crippen molar-refractivity contribution in [1.29, 1.82) is 0 Å². The maximum atomic E-state index is 12.1. The fourth-order valence-electron chi connectivity index (χ4n) is 2.27. The van der Waals surface area contributed by atoms with Crippen LogP contribution in [0, 0.1) is 20.2 Å². The molecule has 0 aliphatic heterocycles. The van der Waals surface area contributed by atoms with Gasteiger partial charge in [0, 0.05) is 18.8 Å². The molecule has 0 radical (unpaired) electrons. The second-order valence-electron chi connectivity index (χ2n) is 5.32. The van der Waals surface area contributed by atoms with Crippen LogP contribution >= 0.6 is 0 Å². The van der Waals surface area contributed by atoms with Crippen molar-refractivity contribution in [2.75, 3.05) is 30.9 Å². The van der Waals surface area contributed by atoms with Gasteiger partial charge >= 0.3 is 0 Å². The van der Waals surface area contributed by atoms with Gasteiger partial charge < -0.3 is 15.0 Å². The van der Waals surface area contributed by atoms with E-state index in [-0.39, 0.29) is 12.2 Å². The summed E-state index contributed by atoms with van der Waals surface area (Å²) in [6.45, 7) is -0.176. The molecule has 0 aromatic heterocycles. The van der Waals surface area contributed by atoms with Crippen LogP contribution in [0.3, 0.4) is 0 Å². The zero-order chi connectivity index (χ0) is 19.3. The summed E-state index contributed by atoms with van der Waals surface area (Å²) in [7, 11) is 3.02. The molecule has 0 heterocycles. The molecule has 10 heteroatoms. The number of carbonyl (C=O) groups is 1. The number of nitrogens with zero attached hydrogens (tertiary/aromatic N) is 3. The Hall–Kier alpha value is -3.69. The molecule has 2 rings (SSSR count). The summed E-state index contributed by atoms with van der Waals surface area (Å²) >= 11 is 0. The number of nitrogens with one attached hydrogen (secondary N) is 1. The highest BCUT2D eigenvalue weighted by atomic mass is 16.6. The molecule has 0 unspecified atom stereocenters. The lowest BCUT2D eigenvalue weighted by Gasteiger charge is -2.18. The van der Waals surface area contributed by atoms with Gasteiger partial charge in [0.25, 0.3) is 11.4 Å². The molecule has 136 valence electrons. The second kappa shape index (κ2) is 7.92. The average molecular weight is 360 g/mol. The Bertz CT molecular complexity index is 837. The normalized spacial score (nSPS) is 10.1. The molecule has 0 bridgehead atoms. The molecule has 10 nitrogen and oxygen atoms in total. The Morgan fingerprint density at radius 3 is 2.31 bits per heavy atom. The lowest BCUT2D eigenvalue weighted by atomic mass is 10.2. The van der Waals surface area contributed by atoms with Gasteiger partial charge in [-0.2, -0.15) is 0 Å². The topological polar surface area (TPSA) is 128 Å². The number of hydrogen-bond donors (Lipinski definition) is 1. The van der Waals surface area contributed by atoms with Gasteiger partial charge in [0.2, 0.25) is 5.91 Å². The van der Waals surface area contributed by atoms with Crippen molar-refractivity contribution in [2.45, 2.75) is 0 Å². The number of ether oxygens (including phenoxy) is 1. The summed E-state index contributed by atoms with van der Waals surface area (Å²) in [5.74, 6) is 0.243. The van der Waals surface area contributed by atoms with Gasteiger partial charge in [-0.15, -0.1) is 0 Å². The van der Waals surface area contributed by atoms with Crippen molar-refractivity contribution < 1.29 is 19.4 Å². The fraction of sp³-hybridized carbons (Fsp3) is 0.188. The quantitative estimate of drug-likeness (QED) is 0.593. The van der Waals surface area contributed by atoms with Crippen LogP contribution in [0.5, 0.6) is 5.75 Å². The number of methoxy groups -OCH3 is 1. The van der Waals surface area contributed by atoms with Crippen LogP contribution in [0.1, 0.15) is 0 Å². The van der Waals surface area contributed by atoms with E-state index in [9.17, 15) is 25.0 Å². The molecule has 26 heavy (non-hydrogen) atoms. The largest absolute Gasteiger partial charge is 0.497 e. The fourth-order valence-corrected chi connectivity index (χ4v) is 2.27. The average Bonchev–Trinajstić information content (AvgIpc) is 2.61. The van der Waals surface area contributed by atoms with Gasteiger partial charge in [-0.25, -0.2) is 0 Å². The number of non-ortho nitro benzene ring substituents is 1. The van der Waals surface area contributed by atoms with Crippen LogP contribution in [0.2, 0.25) is 0 Å². The van der Waals surface area contributed by atoms with E-state index in [4.69, 9.17) is 4.74 Å². The number of amides is 1. The summed E-state index contributed by atoms with van der Waals surface area (Å²) < 4.78 is 5.03. The Labute approximate surface area is 148 Å². The molecule has 0 aliphatic rings. The van der Waals surface area contributed by atoms with Crippen LogP contribution in [-0.2, 0) is 4.79 Å². The van der Waals surface area contributed by atoms with Gasteiger partial charge in [0.1, 0.15) is 11.4 Å². The first-order chi connectivity index (χ1) is 12.3. The van der Waals surface area contributed by atoms with Gasteiger partial charge in [-0.05, 0) is 30.3 Å². The van der Waals surface area contributed by atoms with Crippen molar-refractivity contribution in [3.63, 3.8) is 0 Å². The van der Waals surface area contributed by atoms with E-state index in [0.717, 1.165) is 12.1 Å². The monoisotopic (exact) mass is 360 g/mol. The molecule has 2 aromatic rings. The minimum atomic E-state index is -0.722. The third-order valence-corrected chi connectivity index (χ3v) is 3.53. The number of nitro benzene ring substituents is 2. The number of likely N-dealkylation sites (N-methyl/N-ethyl adjacent to an activating group) is 1. The first-order valence-corrected chi connectivity index (χ1v) is 7.39. The molecular weight excluding hydrogens is 344 g/mol. The number of anilines is 2. The zero-order valence-electron chi connectivity index (χ0n) is 14.0. The molecule has 1 N–H and O–H groups in total. The van der Waals surface area contributed by atoms with E-state index < -0.39 is 27.1 Å². The summed E-state index contributed by atoms with van der Waals surface area (Å²) in [5.41, 5.74) is -0.191. The lowest BCUT2D eigenvalue weighted by molar-refractivity contribution is -0.393. The standard InChI is InChI=1S/C16H16N4O6/c1-18(10-16(21)17-11-3-6-13(26-2)7-4-11)14-8-5-12(19(22)23)9-15(14)20(24)25/h3-9H,10H2,1-2H3,(H,17,21). The summed E-state index contributed by atoms with van der Waals surface area (Å²) in [5, 5.41) is 24.6. The highest BCUT2D eigenvalue weighted by molar-refractivity contribution is 5.94. The molecule has 0 spiro atoms. The summed E-state index contributed by atoms with van der Waals surface area (Å²) in [4.78, 5) is 34.0. The number of hydrogen-bond acceptors (Lipinski definition) is 7. The molecule has 0 fully saturated rings. The molecule has 1 amide bonds. The Morgan fingerprint density at radius 1 is 1.12 bits per heavy atom. The molecule has 0 saturated heterocycles. The number of rotatable bonds is 7. The summed E-state index contributed by atoms with van der Waals surface area (Å²) in [6, 6.07) is 9.95. The molecule has 0 saturated carbocycles. The minimum Gasteiger partial charge on any atom is -0.497 e. The van der Waals surface area contributed by atoms with Crippen molar-refractivity contribution >= 4 is 28.7 Å². The van der Waals surface area contributed by atoms with E-state index >= 15 is 0 Å². The van der Waals surface area contributed by atoms with Gasteiger partial charge in [-0.3, -0.25) is 25.0 Å². The van der Waals surface area contributed by atoms with E-state index in [1.54, 1.807) is 24.3 Å². The van der Waals surface area contributed by atoms with E-state index in [1.807, 2.05) is 0 Å². The summed E-state index contributed by atoms with van der Waals surface area (Å²) in [6.07, 6.45) is 0. The minimum absolute atomic E-state index is 0.102. The maximum Gasteiger partial charge on any atom is 0.299 e. The van der Waals surface area contributed by atoms with E-state index in [1.165, 1.54) is 25.1 Å². The van der Waals surface area contributed by atoms with Crippen molar-refractivity contribution in [1.82, 2.24) is 0 Å². The SMILES string of the molecule is COc1ccc(NC(=O)CN(C)c2ccc([N+](=O)[O-])cc2[N+](=O)[O-])cc1. The van der Waals surface area contributed by atoms with Crippen LogP contribution in [-0.4, -0.2) is 36.5 Å². The van der Waals surface area contributed by atoms with E-state index in [2.05, 4.69) is 5.32 Å².